The van der Waals surface area contributed by atoms with Gasteiger partial charge >= 0.3 is 0 Å². The molecule has 76 valence electrons. The fourth-order valence-electron chi connectivity index (χ4n) is 1.61. The number of benzene rings is 1. The smallest absolute Gasteiger partial charge is 0.163 e. The lowest BCUT2D eigenvalue weighted by Gasteiger charge is -2.05. The molecule has 0 spiro atoms. The monoisotopic (exact) mass is 201 g/mol. The number of hydrogen-bond donors (Lipinski definition) is 1. The second-order valence-electron chi connectivity index (χ2n) is 3.33. The number of nitrogens with zero attached hydrogens (tertiary/aromatic N) is 1. The van der Waals surface area contributed by atoms with Gasteiger partial charge < -0.3 is 5.11 Å². The van der Waals surface area contributed by atoms with E-state index in [0.29, 0.717) is 22.8 Å². The molecule has 3 heteroatoms. The van der Waals surface area contributed by atoms with Crippen LogP contribution in [0.15, 0.2) is 30.6 Å². The van der Waals surface area contributed by atoms with E-state index in [-0.39, 0.29) is 11.5 Å². The molecule has 0 aliphatic heterocycles. The van der Waals surface area contributed by atoms with Crippen LogP contribution in [0.2, 0.25) is 0 Å². The van der Waals surface area contributed by atoms with E-state index in [1.807, 2.05) is 6.92 Å². The highest BCUT2D eigenvalue weighted by molar-refractivity contribution is 6.09. The van der Waals surface area contributed by atoms with Gasteiger partial charge in [-0.15, -0.1) is 0 Å². The van der Waals surface area contributed by atoms with Crippen molar-refractivity contribution in [3.8, 4) is 5.75 Å². The molecule has 1 aromatic carbocycles. The maximum absolute atomic E-state index is 11.6. The van der Waals surface area contributed by atoms with Gasteiger partial charge in [-0.05, 0) is 18.2 Å². The molecule has 0 saturated heterocycles. The van der Waals surface area contributed by atoms with Crippen LogP contribution in [0.25, 0.3) is 10.8 Å². The Morgan fingerprint density at radius 3 is 2.87 bits per heavy atom. The van der Waals surface area contributed by atoms with E-state index in [1.54, 1.807) is 30.6 Å². The Bertz CT molecular complexity index is 520. The average Bonchev–Trinajstić information content (AvgIpc) is 2.29. The van der Waals surface area contributed by atoms with Crippen LogP contribution in [0.5, 0.6) is 5.75 Å². The molecule has 2 aromatic rings. The summed E-state index contributed by atoms with van der Waals surface area (Å²) in [6.07, 6.45) is 3.66. The first-order chi connectivity index (χ1) is 7.24. The highest BCUT2D eigenvalue weighted by Crippen LogP contribution is 2.27. The van der Waals surface area contributed by atoms with Crippen LogP contribution in [0, 0.1) is 0 Å². The van der Waals surface area contributed by atoms with Crippen LogP contribution in [0.1, 0.15) is 23.7 Å². The van der Waals surface area contributed by atoms with Gasteiger partial charge in [0.15, 0.2) is 5.78 Å². The highest BCUT2D eigenvalue weighted by Gasteiger charge is 2.10. The molecule has 0 amide bonds. The minimum absolute atomic E-state index is 0.0630. The van der Waals surface area contributed by atoms with Crippen LogP contribution >= 0.6 is 0 Å². The topological polar surface area (TPSA) is 50.2 Å². The fourth-order valence-corrected chi connectivity index (χ4v) is 1.61. The van der Waals surface area contributed by atoms with Crippen molar-refractivity contribution in [1.29, 1.82) is 0 Å². The van der Waals surface area contributed by atoms with Crippen molar-refractivity contribution in [2.75, 3.05) is 0 Å². The third-order valence-corrected chi connectivity index (χ3v) is 2.42. The van der Waals surface area contributed by atoms with Crippen LogP contribution < -0.4 is 0 Å². The molecule has 1 N–H and O–H groups in total. The summed E-state index contributed by atoms with van der Waals surface area (Å²) >= 11 is 0. The first-order valence-electron chi connectivity index (χ1n) is 4.83. The maximum Gasteiger partial charge on any atom is 0.163 e. The molecule has 0 atom stereocenters. The second-order valence-corrected chi connectivity index (χ2v) is 3.33. The van der Waals surface area contributed by atoms with Gasteiger partial charge in [-0.2, -0.15) is 0 Å². The van der Waals surface area contributed by atoms with Gasteiger partial charge in [0, 0.05) is 35.2 Å². The molecule has 0 radical (unpaired) electrons. The Morgan fingerprint density at radius 1 is 1.33 bits per heavy atom. The molecule has 0 aliphatic carbocycles. The minimum Gasteiger partial charge on any atom is -0.507 e. The van der Waals surface area contributed by atoms with Crippen molar-refractivity contribution < 1.29 is 9.90 Å². The summed E-state index contributed by atoms with van der Waals surface area (Å²) in [5.74, 6) is 0.244. The Morgan fingerprint density at radius 2 is 2.13 bits per heavy atom. The van der Waals surface area contributed by atoms with E-state index in [1.165, 1.54) is 0 Å². The molecule has 0 fully saturated rings. The zero-order chi connectivity index (χ0) is 10.8. The third-order valence-electron chi connectivity index (χ3n) is 2.42. The SMILES string of the molecule is CCC(=O)c1ccc(O)c2ccncc12. The number of hydrogen-bond acceptors (Lipinski definition) is 3. The number of phenolic OH excluding ortho intramolecular Hbond substituents is 1. The summed E-state index contributed by atoms with van der Waals surface area (Å²) in [6.45, 7) is 1.82. The number of ketones is 1. The van der Waals surface area contributed by atoms with Gasteiger partial charge in [0.2, 0.25) is 0 Å². The molecule has 15 heavy (non-hydrogen) atoms. The lowest BCUT2D eigenvalue weighted by atomic mass is 10.0. The molecular weight excluding hydrogens is 190 g/mol. The number of Topliss-reactive ketones (excluding diaryl/α,β-unsaturated/α-hetero) is 1. The van der Waals surface area contributed by atoms with Crippen LogP contribution in [-0.4, -0.2) is 15.9 Å². The number of aromatic nitrogens is 1. The zero-order valence-corrected chi connectivity index (χ0v) is 8.40. The van der Waals surface area contributed by atoms with Gasteiger partial charge in [-0.3, -0.25) is 9.78 Å². The minimum atomic E-state index is 0.0630. The van der Waals surface area contributed by atoms with Gasteiger partial charge in [0.1, 0.15) is 5.75 Å². The number of fused-ring (bicyclic) bond motifs is 1. The van der Waals surface area contributed by atoms with Gasteiger partial charge in [0.05, 0.1) is 0 Å². The molecule has 2 rings (SSSR count). The quantitative estimate of drug-likeness (QED) is 0.759. The van der Waals surface area contributed by atoms with Crippen molar-refractivity contribution >= 4 is 16.6 Å². The summed E-state index contributed by atoms with van der Waals surface area (Å²) in [5, 5.41) is 11.0. The van der Waals surface area contributed by atoms with Crippen molar-refractivity contribution in [3.05, 3.63) is 36.2 Å². The summed E-state index contributed by atoms with van der Waals surface area (Å²) in [4.78, 5) is 15.6. The lowest BCUT2D eigenvalue weighted by molar-refractivity contribution is 0.0990. The molecule has 0 saturated carbocycles. The van der Waals surface area contributed by atoms with Crippen LogP contribution in [0.4, 0.5) is 0 Å². The van der Waals surface area contributed by atoms with Crippen LogP contribution in [-0.2, 0) is 0 Å². The highest BCUT2D eigenvalue weighted by atomic mass is 16.3. The lowest BCUT2D eigenvalue weighted by Crippen LogP contribution is -1.97. The first kappa shape index (κ1) is 9.65. The summed E-state index contributed by atoms with van der Waals surface area (Å²) in [7, 11) is 0. The molecule has 3 nitrogen and oxygen atoms in total. The number of carbonyl (C=O) groups is 1. The molecule has 0 bridgehead atoms. The largest absolute Gasteiger partial charge is 0.507 e. The molecule has 1 heterocycles. The fraction of sp³-hybridized carbons (Fsp3) is 0.167. The van der Waals surface area contributed by atoms with E-state index >= 15 is 0 Å². The van der Waals surface area contributed by atoms with Gasteiger partial charge in [-0.25, -0.2) is 0 Å². The summed E-state index contributed by atoms with van der Waals surface area (Å²) in [5.41, 5.74) is 0.624. The predicted octanol–water partition coefficient (Wildman–Crippen LogP) is 2.53. The molecular formula is C12H11NO2. The second kappa shape index (κ2) is 3.69. The van der Waals surface area contributed by atoms with Crippen LogP contribution in [0.3, 0.4) is 0 Å². The zero-order valence-electron chi connectivity index (χ0n) is 8.40. The molecule has 0 unspecified atom stereocenters. The predicted molar refractivity (Wildman–Crippen MR) is 58.0 cm³/mol. The summed E-state index contributed by atoms with van der Waals surface area (Å²) < 4.78 is 0. The number of carbonyl (C=O) groups excluding carboxylic acids is 1. The maximum atomic E-state index is 11.6. The Balaban J connectivity index is 2.77. The number of phenols is 1. The standard InChI is InChI=1S/C12H11NO2/c1-2-11(14)8-3-4-12(15)9-5-6-13-7-10(8)9/h3-7,15H,2H2,1H3. The van der Waals surface area contributed by atoms with Crippen molar-refractivity contribution in [3.63, 3.8) is 0 Å². The van der Waals surface area contributed by atoms with E-state index in [4.69, 9.17) is 0 Å². The van der Waals surface area contributed by atoms with E-state index in [0.717, 1.165) is 0 Å². The van der Waals surface area contributed by atoms with E-state index in [2.05, 4.69) is 4.98 Å². The van der Waals surface area contributed by atoms with Gasteiger partial charge in [0.25, 0.3) is 0 Å². The normalized spacial score (nSPS) is 10.5. The third kappa shape index (κ3) is 1.56. The van der Waals surface area contributed by atoms with Crippen molar-refractivity contribution in [2.45, 2.75) is 13.3 Å². The van der Waals surface area contributed by atoms with E-state index in [9.17, 15) is 9.90 Å². The Labute approximate surface area is 87.4 Å². The number of pyridine rings is 1. The van der Waals surface area contributed by atoms with Crippen molar-refractivity contribution in [1.82, 2.24) is 4.98 Å². The Hall–Kier alpha value is -1.90. The Kier molecular flexibility index (Phi) is 2.37. The molecule has 0 aliphatic rings. The first-order valence-corrected chi connectivity index (χ1v) is 4.83. The molecule has 1 aromatic heterocycles. The number of aromatic hydroxyl groups is 1. The van der Waals surface area contributed by atoms with E-state index < -0.39 is 0 Å². The summed E-state index contributed by atoms with van der Waals surface area (Å²) in [6, 6.07) is 4.90. The van der Waals surface area contributed by atoms with Crippen molar-refractivity contribution in [2.24, 2.45) is 0 Å². The average molecular weight is 201 g/mol. The number of rotatable bonds is 2. The van der Waals surface area contributed by atoms with Gasteiger partial charge in [-0.1, -0.05) is 6.92 Å².